The maximum Gasteiger partial charge on any atom is 0.0603 e. The van der Waals surface area contributed by atoms with Gasteiger partial charge in [-0.3, -0.25) is 0 Å². The van der Waals surface area contributed by atoms with Crippen molar-refractivity contribution in [3.05, 3.63) is 21.8 Å². The molecule has 1 fully saturated rings. The molecule has 1 aromatic rings. The number of benzene rings is 1. The molecule has 0 radical (unpaired) electrons. The Morgan fingerprint density at radius 2 is 2.13 bits per heavy atom. The second-order valence-electron chi connectivity index (χ2n) is 4.55. The van der Waals surface area contributed by atoms with Gasteiger partial charge in [-0.25, -0.2) is 0 Å². The van der Waals surface area contributed by atoms with Crippen molar-refractivity contribution < 1.29 is 0 Å². The highest BCUT2D eigenvalue weighted by molar-refractivity contribution is 14.1. The molecular formula is C12H17IN2. The molecule has 3 heteroatoms. The van der Waals surface area contributed by atoms with Crippen LogP contribution >= 0.6 is 22.6 Å². The quantitative estimate of drug-likeness (QED) is 0.637. The van der Waals surface area contributed by atoms with E-state index in [2.05, 4.69) is 53.5 Å². The third-order valence-electron chi connectivity index (χ3n) is 3.08. The molecule has 2 atom stereocenters. The Balaban J connectivity index is 2.29. The summed E-state index contributed by atoms with van der Waals surface area (Å²) in [6, 6.07) is 6.93. The topological polar surface area (TPSA) is 29.3 Å². The largest absolute Gasteiger partial charge is 0.397 e. The first-order valence-corrected chi connectivity index (χ1v) is 6.47. The number of nitrogen functional groups attached to an aromatic ring is 1. The fraction of sp³-hybridized carbons (Fsp3) is 0.500. The van der Waals surface area contributed by atoms with Crippen molar-refractivity contribution in [2.24, 2.45) is 5.92 Å². The van der Waals surface area contributed by atoms with Crippen LogP contribution in [0.3, 0.4) is 0 Å². The Labute approximate surface area is 105 Å². The first kappa shape index (κ1) is 11.0. The second-order valence-corrected chi connectivity index (χ2v) is 5.79. The number of halogens is 1. The van der Waals surface area contributed by atoms with Crippen molar-refractivity contribution >= 4 is 34.0 Å². The van der Waals surface area contributed by atoms with Crippen molar-refractivity contribution in [3.63, 3.8) is 0 Å². The van der Waals surface area contributed by atoms with Crippen LogP contribution in [0, 0.1) is 9.49 Å². The van der Waals surface area contributed by atoms with E-state index in [4.69, 9.17) is 5.73 Å². The van der Waals surface area contributed by atoms with Crippen LogP contribution in [0.5, 0.6) is 0 Å². The van der Waals surface area contributed by atoms with Gasteiger partial charge in [0.2, 0.25) is 0 Å². The molecule has 0 spiro atoms. The van der Waals surface area contributed by atoms with Crippen molar-refractivity contribution in [3.8, 4) is 0 Å². The van der Waals surface area contributed by atoms with Gasteiger partial charge < -0.3 is 10.6 Å². The third-order valence-corrected chi connectivity index (χ3v) is 3.75. The highest BCUT2D eigenvalue weighted by Gasteiger charge is 2.27. The Hall–Kier alpha value is -0.450. The van der Waals surface area contributed by atoms with E-state index in [0.29, 0.717) is 6.04 Å². The zero-order valence-corrected chi connectivity index (χ0v) is 11.4. The minimum Gasteiger partial charge on any atom is -0.397 e. The Kier molecular flexibility index (Phi) is 3.09. The van der Waals surface area contributed by atoms with E-state index >= 15 is 0 Å². The minimum atomic E-state index is 0.613. The van der Waals surface area contributed by atoms with E-state index < -0.39 is 0 Å². The number of anilines is 2. The smallest absolute Gasteiger partial charge is 0.0603 e. The highest BCUT2D eigenvalue weighted by Crippen LogP contribution is 2.33. The van der Waals surface area contributed by atoms with Gasteiger partial charge in [0.1, 0.15) is 0 Å². The van der Waals surface area contributed by atoms with Gasteiger partial charge in [-0.1, -0.05) is 6.92 Å². The second kappa shape index (κ2) is 4.20. The predicted molar refractivity (Wildman–Crippen MR) is 74.2 cm³/mol. The molecular weight excluding hydrogens is 299 g/mol. The van der Waals surface area contributed by atoms with Gasteiger partial charge in [0, 0.05) is 16.2 Å². The summed E-state index contributed by atoms with van der Waals surface area (Å²) in [5.74, 6) is 0.777. The first-order chi connectivity index (χ1) is 7.08. The molecule has 0 aromatic heterocycles. The van der Waals surface area contributed by atoms with Crippen molar-refractivity contribution in [1.29, 1.82) is 0 Å². The molecule has 1 heterocycles. The maximum absolute atomic E-state index is 6.06. The average molecular weight is 316 g/mol. The van der Waals surface area contributed by atoms with Gasteiger partial charge in [0.15, 0.2) is 0 Å². The zero-order valence-electron chi connectivity index (χ0n) is 9.20. The normalized spacial score (nSPS) is 25.9. The molecule has 2 N–H and O–H groups in total. The van der Waals surface area contributed by atoms with Crippen LogP contribution < -0.4 is 10.6 Å². The Bertz CT molecular complexity index is 365. The summed E-state index contributed by atoms with van der Waals surface area (Å²) in [5, 5.41) is 0. The number of hydrogen-bond donors (Lipinski definition) is 1. The molecule has 2 rings (SSSR count). The summed E-state index contributed by atoms with van der Waals surface area (Å²) >= 11 is 2.30. The summed E-state index contributed by atoms with van der Waals surface area (Å²) < 4.78 is 1.20. The molecule has 15 heavy (non-hydrogen) atoms. The van der Waals surface area contributed by atoms with E-state index in [1.54, 1.807) is 0 Å². The molecule has 1 aliphatic heterocycles. The first-order valence-electron chi connectivity index (χ1n) is 5.39. The third kappa shape index (κ3) is 2.22. The summed E-state index contributed by atoms with van der Waals surface area (Å²) in [4.78, 5) is 2.43. The van der Waals surface area contributed by atoms with E-state index in [0.717, 1.165) is 18.2 Å². The summed E-state index contributed by atoms with van der Waals surface area (Å²) in [6.07, 6.45) is 1.27. The van der Waals surface area contributed by atoms with E-state index in [1.807, 2.05) is 6.07 Å². The van der Waals surface area contributed by atoms with Gasteiger partial charge in [-0.15, -0.1) is 0 Å². The van der Waals surface area contributed by atoms with Crippen LogP contribution in [0.25, 0.3) is 0 Å². The minimum absolute atomic E-state index is 0.613. The van der Waals surface area contributed by atoms with Crippen LogP contribution in [-0.2, 0) is 0 Å². The fourth-order valence-corrected chi connectivity index (χ4v) is 2.94. The lowest BCUT2D eigenvalue weighted by molar-refractivity contribution is 0.625. The molecule has 2 nitrogen and oxygen atoms in total. The lowest BCUT2D eigenvalue weighted by Crippen LogP contribution is -2.27. The van der Waals surface area contributed by atoms with E-state index in [-0.39, 0.29) is 0 Å². The number of nitrogens with zero attached hydrogens (tertiary/aromatic N) is 1. The fourth-order valence-electron chi connectivity index (χ4n) is 2.42. The molecule has 82 valence electrons. The number of nitrogens with two attached hydrogens (primary N) is 1. The molecule has 1 saturated heterocycles. The lowest BCUT2D eigenvalue weighted by atomic mass is 10.1. The van der Waals surface area contributed by atoms with Gasteiger partial charge in [-0.05, 0) is 60.1 Å². The van der Waals surface area contributed by atoms with Crippen LogP contribution in [0.4, 0.5) is 11.4 Å². The molecule has 1 aliphatic rings. The van der Waals surface area contributed by atoms with Gasteiger partial charge in [0.25, 0.3) is 0 Å². The van der Waals surface area contributed by atoms with E-state index in [9.17, 15) is 0 Å². The molecule has 0 bridgehead atoms. The highest BCUT2D eigenvalue weighted by atomic mass is 127. The maximum atomic E-state index is 6.06. The molecule has 0 amide bonds. The Morgan fingerprint density at radius 3 is 2.67 bits per heavy atom. The zero-order chi connectivity index (χ0) is 11.0. The van der Waals surface area contributed by atoms with Crippen LogP contribution in [0.15, 0.2) is 18.2 Å². The molecule has 2 unspecified atom stereocenters. The summed E-state index contributed by atoms with van der Waals surface area (Å²) in [7, 11) is 0. The predicted octanol–water partition coefficient (Wildman–Crippen LogP) is 3.11. The van der Waals surface area contributed by atoms with Crippen molar-refractivity contribution in [1.82, 2.24) is 0 Å². The molecule has 1 aromatic carbocycles. The average Bonchev–Trinajstić information content (AvgIpc) is 2.45. The van der Waals surface area contributed by atoms with E-state index in [1.165, 1.54) is 15.7 Å². The SMILES string of the molecule is CC1CC(C)N(c2ccc(I)cc2N)C1. The molecule has 0 saturated carbocycles. The lowest BCUT2D eigenvalue weighted by Gasteiger charge is -2.25. The van der Waals surface area contributed by atoms with Crippen LogP contribution in [-0.4, -0.2) is 12.6 Å². The van der Waals surface area contributed by atoms with Crippen LogP contribution in [0.2, 0.25) is 0 Å². The van der Waals surface area contributed by atoms with Gasteiger partial charge >= 0.3 is 0 Å². The standard InChI is InChI=1S/C12H17IN2/c1-8-5-9(2)15(7-8)12-4-3-10(13)6-11(12)14/h3-4,6,8-9H,5,7,14H2,1-2H3. The van der Waals surface area contributed by atoms with Crippen molar-refractivity contribution in [2.75, 3.05) is 17.2 Å². The van der Waals surface area contributed by atoms with Crippen molar-refractivity contribution in [2.45, 2.75) is 26.3 Å². The summed E-state index contributed by atoms with van der Waals surface area (Å²) in [6.45, 7) is 5.71. The van der Waals surface area contributed by atoms with Crippen LogP contribution in [0.1, 0.15) is 20.3 Å². The monoisotopic (exact) mass is 316 g/mol. The molecule has 0 aliphatic carbocycles. The number of hydrogen-bond acceptors (Lipinski definition) is 2. The van der Waals surface area contributed by atoms with Gasteiger partial charge in [0.05, 0.1) is 11.4 Å². The summed E-state index contributed by atoms with van der Waals surface area (Å²) in [5.41, 5.74) is 8.17. The number of rotatable bonds is 1. The Morgan fingerprint density at radius 1 is 1.40 bits per heavy atom. The van der Waals surface area contributed by atoms with Gasteiger partial charge in [-0.2, -0.15) is 0 Å².